The van der Waals surface area contributed by atoms with Crippen LogP contribution < -0.4 is 5.32 Å². The molecule has 4 aliphatic rings. The third-order valence-electron chi connectivity index (χ3n) is 10.5. The van der Waals surface area contributed by atoms with Gasteiger partial charge in [-0.2, -0.15) is 0 Å². The van der Waals surface area contributed by atoms with E-state index in [2.05, 4.69) is 37.2 Å². The molecule has 0 radical (unpaired) electrons. The molecule has 2 atom stereocenters. The molecule has 224 valence electrons. The molecular weight excluding hydrogens is 496 g/mol. The fourth-order valence-corrected chi connectivity index (χ4v) is 8.47. The summed E-state index contributed by atoms with van der Waals surface area (Å²) in [4.78, 5) is 14.4. The first-order valence-electron chi connectivity index (χ1n) is 16.9. The first-order valence-corrected chi connectivity index (χ1v) is 16.9. The summed E-state index contributed by atoms with van der Waals surface area (Å²) in [6.07, 6.45) is 18.9. The molecule has 2 heterocycles. The molecule has 1 saturated heterocycles. The standard InChI is InChI=1S/C35H56N2O3/c1-23(2)33-32(35(39)36-28-13-9-6-10-14-28)31(26-11-7-5-8-12-26)34(27-17-15-24(3)16-18-27)37(33)20-19-30-22-29(38)21-25(4)40-30/h23-24,26-30,38H,4-22H2,1-3H3,(H,36,39)/t24?,27?,29-,30+/m0/s1. The first-order chi connectivity index (χ1) is 19.3. The maximum absolute atomic E-state index is 14.4. The second kappa shape index (κ2) is 13.5. The zero-order valence-corrected chi connectivity index (χ0v) is 25.7. The highest BCUT2D eigenvalue weighted by molar-refractivity contribution is 5.98. The number of aliphatic hydroxyl groups excluding tert-OH is 1. The van der Waals surface area contributed by atoms with E-state index in [1.54, 1.807) is 0 Å². The Bertz CT molecular complexity index is 1010. The van der Waals surface area contributed by atoms with Gasteiger partial charge in [0.05, 0.1) is 17.4 Å². The summed E-state index contributed by atoms with van der Waals surface area (Å²) in [5.41, 5.74) is 5.20. The van der Waals surface area contributed by atoms with Crippen molar-refractivity contribution >= 4 is 5.91 Å². The highest BCUT2D eigenvalue weighted by atomic mass is 16.5. The SMILES string of the molecule is C=C1C[C@H](O)C[C@@H](CCn2c(C(C)C)c(C(=O)NC3CCCCC3)c(C3CCCCC3)c2C2CCC(C)CC2)O1. The number of hydrogen-bond donors (Lipinski definition) is 2. The summed E-state index contributed by atoms with van der Waals surface area (Å²) >= 11 is 0. The third kappa shape index (κ3) is 6.82. The van der Waals surface area contributed by atoms with Gasteiger partial charge in [-0.25, -0.2) is 0 Å². The minimum Gasteiger partial charge on any atom is -0.495 e. The lowest BCUT2D eigenvalue weighted by molar-refractivity contribution is -0.00359. The number of ether oxygens (including phenoxy) is 1. The average molecular weight is 553 g/mol. The molecule has 3 aliphatic carbocycles. The van der Waals surface area contributed by atoms with Crippen LogP contribution in [-0.2, 0) is 11.3 Å². The minimum atomic E-state index is -0.366. The molecule has 40 heavy (non-hydrogen) atoms. The van der Waals surface area contributed by atoms with E-state index in [0.29, 0.717) is 36.5 Å². The van der Waals surface area contributed by atoms with Crippen LogP contribution in [0.4, 0.5) is 0 Å². The van der Waals surface area contributed by atoms with E-state index >= 15 is 0 Å². The van der Waals surface area contributed by atoms with Crippen LogP contribution in [0.15, 0.2) is 12.3 Å². The Morgan fingerprint density at radius 3 is 2.25 bits per heavy atom. The lowest BCUT2D eigenvalue weighted by Crippen LogP contribution is -2.37. The van der Waals surface area contributed by atoms with Gasteiger partial charge >= 0.3 is 0 Å². The van der Waals surface area contributed by atoms with Crippen molar-refractivity contribution in [2.24, 2.45) is 5.92 Å². The smallest absolute Gasteiger partial charge is 0.253 e. The Morgan fingerprint density at radius 2 is 1.62 bits per heavy atom. The number of aliphatic hydroxyl groups is 1. The van der Waals surface area contributed by atoms with E-state index in [9.17, 15) is 9.90 Å². The van der Waals surface area contributed by atoms with E-state index in [0.717, 1.165) is 37.3 Å². The molecule has 4 fully saturated rings. The molecule has 1 amide bonds. The van der Waals surface area contributed by atoms with Crippen molar-refractivity contribution in [2.45, 2.75) is 172 Å². The summed E-state index contributed by atoms with van der Waals surface area (Å²) in [5.74, 6) is 2.96. The predicted octanol–water partition coefficient (Wildman–Crippen LogP) is 8.46. The van der Waals surface area contributed by atoms with Gasteiger partial charge in [0.15, 0.2) is 0 Å². The van der Waals surface area contributed by atoms with Crippen LogP contribution in [0.25, 0.3) is 0 Å². The second-order valence-electron chi connectivity index (χ2n) is 14.1. The van der Waals surface area contributed by atoms with Gasteiger partial charge in [-0.3, -0.25) is 4.79 Å². The van der Waals surface area contributed by atoms with Gasteiger partial charge in [0.2, 0.25) is 0 Å². The van der Waals surface area contributed by atoms with E-state index in [1.165, 1.54) is 94.0 Å². The summed E-state index contributed by atoms with van der Waals surface area (Å²) < 4.78 is 8.74. The number of aromatic nitrogens is 1. The van der Waals surface area contributed by atoms with Gasteiger partial charge in [-0.15, -0.1) is 0 Å². The topological polar surface area (TPSA) is 63.5 Å². The van der Waals surface area contributed by atoms with Crippen LogP contribution in [0.2, 0.25) is 0 Å². The van der Waals surface area contributed by atoms with Crippen molar-refractivity contribution < 1.29 is 14.6 Å². The van der Waals surface area contributed by atoms with Crippen LogP contribution >= 0.6 is 0 Å². The predicted molar refractivity (Wildman–Crippen MR) is 163 cm³/mol. The number of amides is 1. The van der Waals surface area contributed by atoms with Crippen molar-refractivity contribution in [1.29, 1.82) is 0 Å². The van der Waals surface area contributed by atoms with Crippen molar-refractivity contribution in [2.75, 3.05) is 0 Å². The van der Waals surface area contributed by atoms with Crippen molar-refractivity contribution in [3.05, 3.63) is 34.9 Å². The summed E-state index contributed by atoms with van der Waals surface area (Å²) in [5, 5.41) is 14.0. The van der Waals surface area contributed by atoms with Gasteiger partial charge < -0.3 is 19.7 Å². The molecule has 3 saturated carbocycles. The molecule has 5 nitrogen and oxygen atoms in total. The summed E-state index contributed by atoms with van der Waals surface area (Å²) in [7, 11) is 0. The van der Waals surface area contributed by atoms with Crippen LogP contribution in [0.5, 0.6) is 0 Å². The molecule has 1 aromatic rings. The quantitative estimate of drug-likeness (QED) is 0.340. The molecule has 5 heteroatoms. The van der Waals surface area contributed by atoms with E-state index in [1.807, 2.05) is 0 Å². The maximum Gasteiger partial charge on any atom is 0.253 e. The average Bonchev–Trinajstić information content (AvgIpc) is 3.28. The van der Waals surface area contributed by atoms with Crippen molar-refractivity contribution in [3.8, 4) is 0 Å². The highest BCUT2D eigenvalue weighted by Gasteiger charge is 2.37. The largest absolute Gasteiger partial charge is 0.495 e. The number of rotatable bonds is 8. The molecular formula is C35H56N2O3. The molecule has 0 unspecified atom stereocenters. The van der Waals surface area contributed by atoms with Gasteiger partial charge in [0.25, 0.3) is 5.91 Å². The fourth-order valence-electron chi connectivity index (χ4n) is 8.47. The number of nitrogens with one attached hydrogen (secondary N) is 1. The monoisotopic (exact) mass is 552 g/mol. The normalized spacial score (nSPS) is 29.0. The number of carbonyl (C=O) groups excluding carboxylic acids is 1. The van der Waals surface area contributed by atoms with Crippen LogP contribution in [0.3, 0.4) is 0 Å². The minimum absolute atomic E-state index is 0.0180. The van der Waals surface area contributed by atoms with E-state index in [4.69, 9.17) is 4.74 Å². The van der Waals surface area contributed by atoms with Crippen LogP contribution in [0.1, 0.15) is 175 Å². The maximum atomic E-state index is 14.4. The Hall–Kier alpha value is -1.75. The summed E-state index contributed by atoms with van der Waals surface area (Å²) in [6.45, 7) is 11.8. The van der Waals surface area contributed by atoms with Crippen molar-refractivity contribution in [1.82, 2.24) is 9.88 Å². The Balaban J connectivity index is 1.58. The van der Waals surface area contributed by atoms with Crippen LogP contribution in [-0.4, -0.2) is 33.8 Å². The first kappa shape index (κ1) is 29.7. The van der Waals surface area contributed by atoms with Gasteiger partial charge in [-0.05, 0) is 67.8 Å². The zero-order valence-electron chi connectivity index (χ0n) is 25.7. The molecule has 1 aliphatic heterocycles. The van der Waals surface area contributed by atoms with Crippen LogP contribution in [0, 0.1) is 5.92 Å². The third-order valence-corrected chi connectivity index (χ3v) is 10.5. The molecule has 2 N–H and O–H groups in total. The van der Waals surface area contributed by atoms with E-state index < -0.39 is 0 Å². The molecule has 0 spiro atoms. The molecule has 1 aromatic heterocycles. The molecule has 0 aromatic carbocycles. The highest BCUT2D eigenvalue weighted by Crippen LogP contribution is 2.47. The zero-order chi connectivity index (χ0) is 28.2. The lowest BCUT2D eigenvalue weighted by Gasteiger charge is -2.33. The molecule has 5 rings (SSSR count). The lowest BCUT2D eigenvalue weighted by atomic mass is 9.75. The van der Waals surface area contributed by atoms with Crippen molar-refractivity contribution in [3.63, 3.8) is 0 Å². The van der Waals surface area contributed by atoms with E-state index in [-0.39, 0.29) is 24.0 Å². The Kier molecular flexibility index (Phi) is 10.0. The van der Waals surface area contributed by atoms with Gasteiger partial charge in [0.1, 0.15) is 6.10 Å². The Morgan fingerprint density at radius 1 is 0.975 bits per heavy atom. The Labute approximate surface area is 243 Å². The molecule has 0 bridgehead atoms. The second-order valence-corrected chi connectivity index (χ2v) is 14.1. The van der Waals surface area contributed by atoms with Gasteiger partial charge in [-0.1, -0.05) is 78.7 Å². The fraction of sp³-hybridized carbons (Fsp3) is 0.800. The summed E-state index contributed by atoms with van der Waals surface area (Å²) in [6, 6.07) is 0.311. The van der Waals surface area contributed by atoms with Gasteiger partial charge in [0, 0.05) is 43.2 Å². The number of hydrogen-bond acceptors (Lipinski definition) is 3. The number of nitrogens with zero attached hydrogens (tertiary/aromatic N) is 1. The number of carbonyl (C=O) groups is 1.